The lowest BCUT2D eigenvalue weighted by atomic mass is 9.79. The van der Waals surface area contributed by atoms with Crippen molar-refractivity contribution in [2.24, 2.45) is 0 Å². The van der Waals surface area contributed by atoms with Gasteiger partial charge >= 0.3 is 17.2 Å². The first-order chi connectivity index (χ1) is 22.7. The van der Waals surface area contributed by atoms with Crippen LogP contribution in [-0.4, -0.2) is 39.6 Å². The zero-order chi connectivity index (χ0) is 37.8. The average Bonchev–Trinajstić information content (AvgIpc) is 2.94. The lowest BCUT2D eigenvalue weighted by Crippen LogP contribution is -2.14. The van der Waals surface area contributed by atoms with Gasteiger partial charge in [0.05, 0.1) is 0 Å². The molecule has 0 radical (unpaired) electrons. The molecule has 0 heterocycles. The van der Waals surface area contributed by atoms with E-state index in [1.54, 1.807) is 0 Å². The highest BCUT2D eigenvalue weighted by Gasteiger charge is 2.23. The summed E-state index contributed by atoms with van der Waals surface area (Å²) in [4.78, 5) is 43.4. The summed E-state index contributed by atoms with van der Waals surface area (Å²) in [6, 6.07) is 8.52. The second-order valence-corrected chi connectivity index (χ2v) is 16.5. The van der Waals surface area contributed by atoms with E-state index in [1.807, 2.05) is 12.1 Å². The molecule has 0 bridgehead atoms. The highest BCUT2D eigenvalue weighted by atomic mass is 31.2. The SMILES string of the molecule is CCCCCCCCCCCCCC(CCCc1cc(C(C)(C)C)c(O)cc1C)c1cc(C(C)(C)C)c(O)cc1C.OP(O)O.OP(O)O. The molecule has 0 aliphatic carbocycles. The van der Waals surface area contributed by atoms with E-state index in [1.165, 1.54) is 99.3 Å². The molecule has 0 aromatic heterocycles. The van der Waals surface area contributed by atoms with Crippen LogP contribution in [0.1, 0.15) is 178 Å². The third-order valence-corrected chi connectivity index (χ3v) is 9.05. The van der Waals surface area contributed by atoms with Crippen LogP contribution in [0.5, 0.6) is 11.5 Å². The van der Waals surface area contributed by atoms with Crippen molar-refractivity contribution in [3.8, 4) is 11.5 Å². The van der Waals surface area contributed by atoms with Crippen molar-refractivity contribution in [1.29, 1.82) is 0 Å². The minimum Gasteiger partial charge on any atom is -0.508 e. The summed E-state index contributed by atoms with van der Waals surface area (Å²) in [5.41, 5.74) is 7.15. The van der Waals surface area contributed by atoms with Crippen LogP contribution in [0.15, 0.2) is 24.3 Å². The second kappa shape index (κ2) is 24.8. The summed E-state index contributed by atoms with van der Waals surface area (Å²) in [6.45, 7) is 19.7. The molecule has 0 saturated carbocycles. The molecule has 10 heteroatoms. The van der Waals surface area contributed by atoms with Gasteiger partial charge in [-0.25, -0.2) is 0 Å². The third kappa shape index (κ3) is 21.6. The van der Waals surface area contributed by atoms with Gasteiger partial charge in [0.15, 0.2) is 0 Å². The van der Waals surface area contributed by atoms with Crippen molar-refractivity contribution in [2.75, 3.05) is 0 Å². The monoisotopic (exact) mass is 728 g/mol. The van der Waals surface area contributed by atoms with Gasteiger partial charge in [-0.3, -0.25) is 0 Å². The number of hydrogen-bond acceptors (Lipinski definition) is 8. The Morgan fingerprint density at radius 2 is 0.898 bits per heavy atom. The van der Waals surface area contributed by atoms with Gasteiger partial charge in [-0.2, -0.15) is 0 Å². The van der Waals surface area contributed by atoms with E-state index in [0.29, 0.717) is 17.4 Å². The number of hydrogen-bond donors (Lipinski definition) is 8. The quantitative estimate of drug-likeness (QED) is 0.0590. The Hall–Kier alpha value is -1.34. The maximum atomic E-state index is 10.8. The fourth-order valence-electron chi connectivity index (χ4n) is 6.41. The Morgan fingerprint density at radius 1 is 0.531 bits per heavy atom. The predicted octanol–water partition coefficient (Wildman–Crippen LogP) is 10.5. The fourth-order valence-corrected chi connectivity index (χ4v) is 6.41. The number of phenols is 2. The lowest BCUT2D eigenvalue weighted by Gasteiger charge is -2.26. The lowest BCUT2D eigenvalue weighted by molar-refractivity contribution is 0.366. The largest absolute Gasteiger partial charge is 0.508 e. The van der Waals surface area contributed by atoms with Gasteiger partial charge in [0, 0.05) is 0 Å². The maximum absolute atomic E-state index is 10.8. The molecular weight excluding hydrogens is 658 g/mol. The molecule has 8 nitrogen and oxygen atoms in total. The van der Waals surface area contributed by atoms with Gasteiger partial charge in [0.2, 0.25) is 0 Å². The predicted molar refractivity (Wildman–Crippen MR) is 207 cm³/mol. The number of rotatable bonds is 17. The standard InChI is InChI=1S/C39H64O2.2H3O3P/c1-10-11-12-13-14-15-16-17-18-19-20-22-31(33-28-35(39(7,8)9)37(41)26-30(33)3)23-21-24-32-27-34(38(4,5)6)36(40)25-29(32)2;2*1-4(2)3/h25-28,31,40-41H,10-24H2,1-9H3;2*1-3H. The van der Waals surface area contributed by atoms with Crippen LogP contribution in [0.2, 0.25) is 0 Å². The molecule has 2 aromatic carbocycles. The van der Waals surface area contributed by atoms with Crippen molar-refractivity contribution < 1.29 is 39.6 Å². The molecule has 0 aliphatic rings. The van der Waals surface area contributed by atoms with Crippen LogP contribution < -0.4 is 0 Å². The summed E-state index contributed by atoms with van der Waals surface area (Å²) in [6.07, 6.45) is 19.6. The minimum atomic E-state index is -2.62. The zero-order valence-corrected chi connectivity index (χ0v) is 33.8. The van der Waals surface area contributed by atoms with Gasteiger partial charge in [0.1, 0.15) is 11.5 Å². The molecule has 1 unspecified atom stereocenters. The molecule has 49 heavy (non-hydrogen) atoms. The fraction of sp³-hybridized carbons (Fsp3) is 0.692. The van der Waals surface area contributed by atoms with E-state index in [9.17, 15) is 10.2 Å². The van der Waals surface area contributed by atoms with Crippen LogP contribution in [-0.2, 0) is 17.3 Å². The molecular formula is C39H70O8P2. The summed E-state index contributed by atoms with van der Waals surface area (Å²) >= 11 is 0. The third-order valence-electron chi connectivity index (χ3n) is 9.05. The zero-order valence-electron chi connectivity index (χ0n) is 32.0. The van der Waals surface area contributed by atoms with E-state index < -0.39 is 17.2 Å². The van der Waals surface area contributed by atoms with Crippen molar-refractivity contribution >= 4 is 17.2 Å². The molecule has 0 amide bonds. The molecule has 2 rings (SSSR count). The van der Waals surface area contributed by atoms with Gasteiger partial charge < -0.3 is 39.6 Å². The van der Waals surface area contributed by atoms with E-state index in [0.717, 1.165) is 30.4 Å². The van der Waals surface area contributed by atoms with Crippen molar-refractivity contribution in [2.45, 2.75) is 175 Å². The Morgan fingerprint density at radius 3 is 1.33 bits per heavy atom. The summed E-state index contributed by atoms with van der Waals surface area (Å²) in [7, 11) is -5.24. The van der Waals surface area contributed by atoms with E-state index >= 15 is 0 Å². The van der Waals surface area contributed by atoms with Gasteiger partial charge in [0.25, 0.3) is 0 Å². The summed E-state index contributed by atoms with van der Waals surface area (Å²) < 4.78 is 0. The number of aromatic hydroxyl groups is 2. The first-order valence-corrected chi connectivity index (χ1v) is 20.5. The van der Waals surface area contributed by atoms with E-state index in [-0.39, 0.29) is 10.8 Å². The molecule has 8 N–H and O–H groups in total. The molecule has 0 saturated heterocycles. The second-order valence-electron chi connectivity index (χ2n) is 15.5. The van der Waals surface area contributed by atoms with E-state index in [2.05, 4.69) is 74.4 Å². The normalized spacial score (nSPS) is 12.4. The van der Waals surface area contributed by atoms with Gasteiger partial charge in [-0.15, -0.1) is 0 Å². The number of benzene rings is 2. The van der Waals surface area contributed by atoms with E-state index in [4.69, 9.17) is 29.4 Å². The minimum absolute atomic E-state index is 0.0728. The molecule has 284 valence electrons. The molecule has 2 aromatic rings. The summed E-state index contributed by atoms with van der Waals surface area (Å²) in [5, 5.41) is 21.3. The van der Waals surface area contributed by atoms with Crippen LogP contribution in [0.25, 0.3) is 0 Å². The molecule has 0 spiro atoms. The first-order valence-electron chi connectivity index (χ1n) is 18.1. The van der Waals surface area contributed by atoms with Crippen molar-refractivity contribution in [3.63, 3.8) is 0 Å². The Bertz CT molecular complexity index is 1160. The number of aryl methyl sites for hydroxylation is 3. The highest BCUT2D eigenvalue weighted by Crippen LogP contribution is 2.39. The molecule has 0 fully saturated rings. The van der Waals surface area contributed by atoms with Gasteiger partial charge in [-0.05, 0) is 102 Å². The number of phenolic OH excluding ortho intramolecular Hbond substituents is 2. The Labute approximate surface area is 300 Å². The Balaban J connectivity index is 0.00000258. The topological polar surface area (TPSA) is 162 Å². The van der Waals surface area contributed by atoms with Crippen molar-refractivity contribution in [3.05, 3.63) is 57.6 Å². The van der Waals surface area contributed by atoms with Crippen LogP contribution in [0.4, 0.5) is 0 Å². The first kappa shape index (κ1) is 47.7. The van der Waals surface area contributed by atoms with Crippen LogP contribution in [0, 0.1) is 13.8 Å². The molecule has 0 aliphatic heterocycles. The smallest absolute Gasteiger partial charge is 0.324 e. The highest BCUT2D eigenvalue weighted by molar-refractivity contribution is 7.38. The maximum Gasteiger partial charge on any atom is 0.324 e. The average molecular weight is 729 g/mol. The number of unbranched alkanes of at least 4 members (excludes halogenated alkanes) is 10. The van der Waals surface area contributed by atoms with Crippen LogP contribution in [0.3, 0.4) is 0 Å². The van der Waals surface area contributed by atoms with Crippen LogP contribution >= 0.6 is 17.2 Å². The van der Waals surface area contributed by atoms with Crippen molar-refractivity contribution in [1.82, 2.24) is 0 Å². The van der Waals surface area contributed by atoms with Gasteiger partial charge in [-0.1, -0.05) is 131 Å². The summed E-state index contributed by atoms with van der Waals surface area (Å²) in [5.74, 6) is 1.36. The Kier molecular flexibility index (Phi) is 24.1. The molecule has 1 atom stereocenters.